The lowest BCUT2D eigenvalue weighted by atomic mass is 9.90. The van der Waals surface area contributed by atoms with E-state index in [1.54, 1.807) is 35.2 Å². The smallest absolute Gasteiger partial charge is 0.262 e. The largest absolute Gasteiger partial charge is 0.484 e. The molecule has 3 N–H and O–H groups in total. The van der Waals surface area contributed by atoms with Gasteiger partial charge in [-0.05, 0) is 73.2 Å². The van der Waals surface area contributed by atoms with Gasteiger partial charge in [0.2, 0.25) is 5.91 Å². The van der Waals surface area contributed by atoms with E-state index in [9.17, 15) is 24.6 Å². The summed E-state index contributed by atoms with van der Waals surface area (Å²) in [5.74, 6) is -0.0550. The van der Waals surface area contributed by atoms with Crippen LogP contribution in [0.3, 0.4) is 0 Å². The van der Waals surface area contributed by atoms with Gasteiger partial charge in [-0.25, -0.2) is 0 Å². The molecule has 0 aromatic heterocycles. The Balaban J connectivity index is 1.47. The van der Waals surface area contributed by atoms with Gasteiger partial charge in [0.05, 0.1) is 13.2 Å². The topological polar surface area (TPSA) is 119 Å². The van der Waals surface area contributed by atoms with E-state index < -0.39 is 0 Å². The minimum absolute atomic E-state index is 0.0897. The number of nitrogens with one attached hydrogen (secondary N) is 1. The van der Waals surface area contributed by atoms with Crippen LogP contribution in [0.15, 0.2) is 72.8 Å². The van der Waals surface area contributed by atoms with Gasteiger partial charge in [0.1, 0.15) is 5.75 Å². The Morgan fingerprint density at radius 3 is 2.39 bits per heavy atom. The van der Waals surface area contributed by atoms with Gasteiger partial charge in [-0.2, -0.15) is 0 Å². The molecular formula is C32H37N3O6. The van der Waals surface area contributed by atoms with Crippen LogP contribution in [0.4, 0.5) is 11.4 Å². The van der Waals surface area contributed by atoms with Gasteiger partial charge in [0.25, 0.3) is 11.8 Å². The number of aryl methyl sites for hydroxylation is 1. The van der Waals surface area contributed by atoms with E-state index in [-0.39, 0.29) is 63.0 Å². The Morgan fingerprint density at radius 1 is 0.976 bits per heavy atom. The molecular weight excluding hydrogens is 522 g/mol. The minimum atomic E-state index is -0.300. The van der Waals surface area contributed by atoms with Crippen molar-refractivity contribution < 1.29 is 29.3 Å². The van der Waals surface area contributed by atoms with E-state index in [4.69, 9.17) is 4.74 Å². The van der Waals surface area contributed by atoms with E-state index >= 15 is 0 Å². The molecule has 1 unspecified atom stereocenters. The first-order valence-corrected chi connectivity index (χ1v) is 13.9. The average molecular weight is 560 g/mol. The molecule has 0 bridgehead atoms. The number of hydrogen-bond acceptors (Lipinski definition) is 6. The highest BCUT2D eigenvalue weighted by atomic mass is 16.5. The Kier molecular flexibility index (Phi) is 10.5. The molecule has 1 aliphatic rings. The number of fused-ring (bicyclic) bond motifs is 1. The SMILES string of the molecule is Cc1cc(NC(=O)COc2ccccc2)ccc1C(=O)N1CCCC(CC(=O)N(CCO)CCO)c2ccccc21. The van der Waals surface area contributed by atoms with Crippen molar-refractivity contribution >= 4 is 29.1 Å². The summed E-state index contributed by atoms with van der Waals surface area (Å²) in [5.41, 5.74) is 3.54. The number of carbonyl (C=O) groups is 3. The van der Waals surface area contributed by atoms with Crippen molar-refractivity contribution in [1.82, 2.24) is 4.90 Å². The van der Waals surface area contributed by atoms with Crippen LogP contribution in [0.5, 0.6) is 5.75 Å². The Labute approximate surface area is 240 Å². The first-order chi connectivity index (χ1) is 19.9. The molecule has 216 valence electrons. The Morgan fingerprint density at radius 2 is 1.68 bits per heavy atom. The molecule has 0 aliphatic carbocycles. The Bertz CT molecular complexity index is 1340. The predicted octanol–water partition coefficient (Wildman–Crippen LogP) is 3.74. The zero-order valence-electron chi connectivity index (χ0n) is 23.3. The van der Waals surface area contributed by atoms with Crippen molar-refractivity contribution in [3.8, 4) is 5.75 Å². The van der Waals surface area contributed by atoms with Gasteiger partial charge >= 0.3 is 0 Å². The third kappa shape index (κ3) is 7.71. The van der Waals surface area contributed by atoms with E-state index in [1.165, 1.54) is 4.90 Å². The fourth-order valence-corrected chi connectivity index (χ4v) is 5.21. The highest BCUT2D eigenvalue weighted by molar-refractivity contribution is 6.08. The van der Waals surface area contributed by atoms with Crippen LogP contribution in [-0.2, 0) is 9.59 Å². The van der Waals surface area contributed by atoms with E-state index in [0.717, 1.165) is 23.2 Å². The maximum atomic E-state index is 13.8. The molecule has 1 aliphatic heterocycles. The van der Waals surface area contributed by atoms with Crippen LogP contribution in [0.1, 0.15) is 46.7 Å². The molecule has 4 rings (SSSR count). The number of nitrogens with zero attached hydrogens (tertiary/aromatic N) is 2. The lowest BCUT2D eigenvalue weighted by Crippen LogP contribution is -2.36. The van der Waals surface area contributed by atoms with Gasteiger partial charge in [-0.1, -0.05) is 36.4 Å². The summed E-state index contributed by atoms with van der Waals surface area (Å²) < 4.78 is 5.51. The second kappa shape index (κ2) is 14.4. The number of benzene rings is 3. The first kappa shape index (κ1) is 29.8. The number of hydrogen-bond donors (Lipinski definition) is 3. The molecule has 0 radical (unpaired) electrons. The van der Waals surface area contributed by atoms with Crippen molar-refractivity contribution in [3.63, 3.8) is 0 Å². The third-order valence-electron chi connectivity index (χ3n) is 7.21. The number of ether oxygens (including phenoxy) is 1. The number of anilines is 2. The van der Waals surface area contributed by atoms with Crippen molar-refractivity contribution in [2.24, 2.45) is 0 Å². The quantitative estimate of drug-likeness (QED) is 0.329. The lowest BCUT2D eigenvalue weighted by Gasteiger charge is -2.26. The van der Waals surface area contributed by atoms with Crippen molar-refractivity contribution in [2.45, 2.75) is 32.1 Å². The minimum Gasteiger partial charge on any atom is -0.484 e. The van der Waals surface area contributed by atoms with Gasteiger partial charge in [0, 0.05) is 43.0 Å². The fraction of sp³-hybridized carbons (Fsp3) is 0.344. The van der Waals surface area contributed by atoms with Crippen molar-refractivity contribution in [2.75, 3.05) is 49.7 Å². The summed E-state index contributed by atoms with van der Waals surface area (Å²) in [6.07, 6.45) is 1.68. The number of aliphatic hydroxyl groups excluding tert-OH is 2. The van der Waals surface area contributed by atoms with Gasteiger partial charge in [-0.15, -0.1) is 0 Å². The highest BCUT2D eigenvalue weighted by Crippen LogP contribution is 2.37. The van der Waals surface area contributed by atoms with E-state index in [0.29, 0.717) is 30.0 Å². The van der Waals surface area contributed by atoms with E-state index in [2.05, 4.69) is 5.32 Å². The first-order valence-electron chi connectivity index (χ1n) is 13.9. The van der Waals surface area contributed by atoms with Gasteiger partial charge in [0.15, 0.2) is 6.61 Å². The monoisotopic (exact) mass is 559 g/mol. The van der Waals surface area contributed by atoms with E-state index in [1.807, 2.05) is 49.4 Å². The molecule has 3 amide bonds. The third-order valence-corrected chi connectivity index (χ3v) is 7.21. The molecule has 1 heterocycles. The molecule has 0 fully saturated rings. The summed E-state index contributed by atoms with van der Waals surface area (Å²) in [6, 6.07) is 22.0. The Hall–Kier alpha value is -4.21. The maximum absolute atomic E-state index is 13.8. The summed E-state index contributed by atoms with van der Waals surface area (Å²) in [7, 11) is 0. The summed E-state index contributed by atoms with van der Waals surface area (Å²) >= 11 is 0. The highest BCUT2D eigenvalue weighted by Gasteiger charge is 2.30. The number of para-hydroxylation sites is 2. The maximum Gasteiger partial charge on any atom is 0.262 e. The molecule has 0 saturated heterocycles. The lowest BCUT2D eigenvalue weighted by molar-refractivity contribution is -0.132. The summed E-state index contributed by atoms with van der Waals surface area (Å²) in [5, 5.41) is 21.5. The predicted molar refractivity (Wildman–Crippen MR) is 157 cm³/mol. The van der Waals surface area contributed by atoms with Gasteiger partial charge in [-0.3, -0.25) is 14.4 Å². The summed E-state index contributed by atoms with van der Waals surface area (Å²) in [6.45, 7) is 2.23. The van der Waals surface area contributed by atoms with Crippen molar-refractivity contribution in [3.05, 3.63) is 89.5 Å². The molecule has 1 atom stereocenters. The molecule has 0 saturated carbocycles. The number of carbonyl (C=O) groups excluding carboxylic acids is 3. The molecule has 3 aromatic carbocycles. The van der Waals surface area contributed by atoms with Crippen LogP contribution in [-0.4, -0.2) is 72.3 Å². The fourth-order valence-electron chi connectivity index (χ4n) is 5.21. The average Bonchev–Trinajstić information content (AvgIpc) is 3.16. The second-order valence-corrected chi connectivity index (χ2v) is 10.1. The van der Waals surface area contributed by atoms with Crippen LogP contribution >= 0.6 is 0 Å². The standard InChI is InChI=1S/C32H37N3O6/c1-23-20-25(33-30(38)22-41-26-9-3-2-4-10-26)13-14-27(23)32(40)35-15-7-8-24(28-11-5-6-12-29(28)35)21-31(39)34(16-18-36)17-19-37/h2-6,9-14,20,24,36-37H,7-8,15-19,21-22H2,1H3,(H,33,38). The number of rotatable bonds is 11. The zero-order valence-corrected chi connectivity index (χ0v) is 23.3. The molecule has 9 nitrogen and oxygen atoms in total. The molecule has 9 heteroatoms. The zero-order chi connectivity index (χ0) is 29.2. The normalized spacial score (nSPS) is 14.5. The van der Waals surface area contributed by atoms with Crippen LogP contribution in [0, 0.1) is 6.92 Å². The molecule has 41 heavy (non-hydrogen) atoms. The summed E-state index contributed by atoms with van der Waals surface area (Å²) in [4.78, 5) is 42.5. The molecule has 0 spiro atoms. The van der Waals surface area contributed by atoms with Gasteiger partial charge < -0.3 is 30.1 Å². The van der Waals surface area contributed by atoms with Crippen LogP contribution in [0.2, 0.25) is 0 Å². The van der Waals surface area contributed by atoms with Crippen LogP contribution < -0.4 is 15.0 Å². The molecule has 3 aromatic rings. The van der Waals surface area contributed by atoms with Crippen LogP contribution in [0.25, 0.3) is 0 Å². The second-order valence-electron chi connectivity index (χ2n) is 10.1. The van der Waals surface area contributed by atoms with Crippen molar-refractivity contribution in [1.29, 1.82) is 0 Å². The number of aliphatic hydroxyl groups is 2. The number of amides is 3.